The van der Waals surface area contributed by atoms with Crippen LogP contribution in [-0.4, -0.2) is 48.4 Å². The lowest BCUT2D eigenvalue weighted by Crippen LogP contribution is -2.24. The Bertz CT molecular complexity index is 1620. The Kier molecular flexibility index (Phi) is 7.70. The van der Waals surface area contributed by atoms with E-state index in [9.17, 15) is 0 Å². The summed E-state index contributed by atoms with van der Waals surface area (Å²) in [7, 11) is 3.32. The molecule has 202 valence electrons. The quantitative estimate of drug-likeness (QED) is 0.217. The van der Waals surface area contributed by atoms with Gasteiger partial charge in [-0.2, -0.15) is 0 Å². The van der Waals surface area contributed by atoms with Crippen molar-refractivity contribution in [2.24, 2.45) is 0 Å². The van der Waals surface area contributed by atoms with Crippen molar-refractivity contribution in [3.63, 3.8) is 0 Å². The number of para-hydroxylation sites is 1. The molecule has 5 aromatic rings. The molecule has 2 aromatic heterocycles. The highest BCUT2D eigenvalue weighted by Gasteiger charge is 2.20. The first kappa shape index (κ1) is 26.5. The minimum absolute atomic E-state index is 0.748. The van der Waals surface area contributed by atoms with Gasteiger partial charge >= 0.3 is 0 Å². The second-order valence-electron chi connectivity index (χ2n) is 10.0. The van der Waals surface area contributed by atoms with Crippen LogP contribution in [0.2, 0.25) is 0 Å². The summed E-state index contributed by atoms with van der Waals surface area (Å²) in [5.41, 5.74) is 8.20. The van der Waals surface area contributed by atoms with Crippen molar-refractivity contribution in [2.75, 3.05) is 39.2 Å². The smallest absolute Gasteiger partial charge is 0.160 e. The first-order chi connectivity index (χ1) is 18.9. The van der Waals surface area contributed by atoms with Gasteiger partial charge in [0.2, 0.25) is 0 Å². The first-order valence-electron chi connectivity index (χ1n) is 13.4. The number of nitrogens with one attached hydrogen (secondary N) is 2. The zero-order valence-electron chi connectivity index (χ0n) is 23.7. The molecule has 0 fully saturated rings. The summed E-state index contributed by atoms with van der Waals surface area (Å²) in [5.74, 6) is 3.13. The van der Waals surface area contributed by atoms with Gasteiger partial charge in [0.05, 0.1) is 30.8 Å². The standard InChI is InChI=1S/C32H37N5O2/c1-20-17-21(2)30(22(3)18-20)37-26-10-8-7-9-25(26)29-31(35-23(4)36-32(29)37)34-16-15-33-14-13-24-11-12-27(38-5)28(19-24)39-6/h7-12,17-19,33H,13-16H2,1-6H3,(H,34,35,36). The number of hydrogen-bond acceptors (Lipinski definition) is 6. The van der Waals surface area contributed by atoms with Crippen LogP contribution < -0.4 is 20.1 Å². The molecule has 0 unspecified atom stereocenters. The van der Waals surface area contributed by atoms with Crippen LogP contribution in [-0.2, 0) is 6.42 Å². The maximum atomic E-state index is 5.42. The number of rotatable bonds is 10. The second kappa shape index (κ2) is 11.3. The van der Waals surface area contributed by atoms with E-state index in [1.54, 1.807) is 14.2 Å². The van der Waals surface area contributed by atoms with Crippen molar-refractivity contribution in [2.45, 2.75) is 34.1 Å². The Labute approximate surface area is 230 Å². The lowest BCUT2D eigenvalue weighted by Gasteiger charge is -2.15. The van der Waals surface area contributed by atoms with E-state index < -0.39 is 0 Å². The molecule has 0 aliphatic rings. The van der Waals surface area contributed by atoms with Gasteiger partial charge in [0, 0.05) is 18.5 Å². The predicted octanol–water partition coefficient (Wildman–Crippen LogP) is 6.07. The molecule has 0 spiro atoms. The molecular formula is C32H37N5O2. The Morgan fingerprint density at radius 3 is 2.28 bits per heavy atom. The summed E-state index contributed by atoms with van der Waals surface area (Å²) in [6, 6.07) is 19.1. The SMILES string of the molecule is COc1ccc(CCNCCNc2nc(C)nc3c2c2ccccc2n3-c2c(C)cc(C)cc2C)cc1OC. The summed E-state index contributed by atoms with van der Waals surface area (Å²) >= 11 is 0. The number of ether oxygens (including phenoxy) is 2. The van der Waals surface area contributed by atoms with Crippen LogP contribution in [0.1, 0.15) is 28.1 Å². The fraction of sp³-hybridized carbons (Fsp3) is 0.312. The highest BCUT2D eigenvalue weighted by Crippen LogP contribution is 2.36. The normalized spacial score (nSPS) is 11.3. The van der Waals surface area contributed by atoms with Gasteiger partial charge in [-0.05, 0) is 75.5 Å². The molecule has 5 rings (SSSR count). The summed E-state index contributed by atoms with van der Waals surface area (Å²) in [5, 5.41) is 9.34. The molecule has 7 heteroatoms. The van der Waals surface area contributed by atoms with E-state index in [4.69, 9.17) is 19.4 Å². The molecule has 0 amide bonds. The lowest BCUT2D eigenvalue weighted by atomic mass is 10.0. The van der Waals surface area contributed by atoms with E-state index >= 15 is 0 Å². The number of fused-ring (bicyclic) bond motifs is 3. The molecule has 0 saturated heterocycles. The molecule has 3 aromatic carbocycles. The molecule has 2 N–H and O–H groups in total. The monoisotopic (exact) mass is 523 g/mol. The van der Waals surface area contributed by atoms with E-state index in [-0.39, 0.29) is 0 Å². The summed E-state index contributed by atoms with van der Waals surface area (Å²) < 4.78 is 13.1. The van der Waals surface area contributed by atoms with Crippen molar-refractivity contribution in [1.82, 2.24) is 19.9 Å². The van der Waals surface area contributed by atoms with Crippen molar-refractivity contribution in [3.8, 4) is 17.2 Å². The minimum Gasteiger partial charge on any atom is -0.493 e. The van der Waals surface area contributed by atoms with Gasteiger partial charge in [0.15, 0.2) is 17.1 Å². The van der Waals surface area contributed by atoms with Crippen LogP contribution in [0.5, 0.6) is 11.5 Å². The third kappa shape index (κ3) is 5.27. The Morgan fingerprint density at radius 1 is 0.795 bits per heavy atom. The van der Waals surface area contributed by atoms with Gasteiger partial charge in [0.25, 0.3) is 0 Å². The molecular weight excluding hydrogens is 486 g/mol. The highest BCUT2D eigenvalue weighted by molar-refractivity contribution is 6.13. The fourth-order valence-corrected chi connectivity index (χ4v) is 5.50. The van der Waals surface area contributed by atoms with Gasteiger partial charge in [-0.15, -0.1) is 0 Å². The zero-order valence-corrected chi connectivity index (χ0v) is 23.7. The Morgan fingerprint density at radius 2 is 1.54 bits per heavy atom. The predicted molar refractivity (Wildman–Crippen MR) is 160 cm³/mol. The summed E-state index contributed by atoms with van der Waals surface area (Å²) in [6.07, 6.45) is 0.903. The number of aromatic nitrogens is 3. The molecule has 0 aliphatic heterocycles. The van der Waals surface area contributed by atoms with E-state index in [0.29, 0.717) is 0 Å². The van der Waals surface area contributed by atoms with Crippen LogP contribution in [0.3, 0.4) is 0 Å². The van der Waals surface area contributed by atoms with Gasteiger partial charge < -0.3 is 20.1 Å². The summed E-state index contributed by atoms with van der Waals surface area (Å²) in [6.45, 7) is 10.9. The zero-order chi connectivity index (χ0) is 27.5. The third-order valence-corrected chi connectivity index (χ3v) is 7.12. The van der Waals surface area contributed by atoms with Gasteiger partial charge in [-0.1, -0.05) is 42.0 Å². The van der Waals surface area contributed by atoms with E-state index in [1.165, 1.54) is 27.9 Å². The van der Waals surface area contributed by atoms with Crippen LogP contribution in [0.25, 0.3) is 27.6 Å². The van der Waals surface area contributed by atoms with Crippen LogP contribution >= 0.6 is 0 Å². The number of benzene rings is 3. The van der Waals surface area contributed by atoms with E-state index in [2.05, 4.69) is 78.4 Å². The van der Waals surface area contributed by atoms with Crippen LogP contribution in [0.15, 0.2) is 54.6 Å². The number of nitrogens with zero attached hydrogens (tertiary/aromatic N) is 3. The molecule has 39 heavy (non-hydrogen) atoms. The highest BCUT2D eigenvalue weighted by atomic mass is 16.5. The average Bonchev–Trinajstić information content (AvgIpc) is 3.23. The maximum Gasteiger partial charge on any atom is 0.160 e. The van der Waals surface area contributed by atoms with Gasteiger partial charge in [-0.3, -0.25) is 4.57 Å². The third-order valence-electron chi connectivity index (χ3n) is 7.12. The maximum absolute atomic E-state index is 5.42. The Balaban J connectivity index is 1.36. The fourth-order valence-electron chi connectivity index (χ4n) is 5.50. The number of anilines is 1. The number of aryl methyl sites for hydroxylation is 4. The first-order valence-corrected chi connectivity index (χ1v) is 13.4. The minimum atomic E-state index is 0.748. The Hall–Kier alpha value is -4.10. The lowest BCUT2D eigenvalue weighted by molar-refractivity contribution is 0.354. The summed E-state index contributed by atoms with van der Waals surface area (Å²) in [4.78, 5) is 9.78. The largest absolute Gasteiger partial charge is 0.493 e. The molecule has 0 radical (unpaired) electrons. The van der Waals surface area contributed by atoms with Gasteiger partial charge in [0.1, 0.15) is 11.6 Å². The molecule has 7 nitrogen and oxygen atoms in total. The molecule has 0 atom stereocenters. The number of methoxy groups -OCH3 is 2. The van der Waals surface area contributed by atoms with Crippen molar-refractivity contribution >= 4 is 27.8 Å². The average molecular weight is 524 g/mol. The molecule has 2 heterocycles. The second-order valence-corrected chi connectivity index (χ2v) is 10.0. The van der Waals surface area contributed by atoms with E-state index in [0.717, 1.165) is 71.1 Å². The molecule has 0 aliphatic carbocycles. The molecule has 0 bridgehead atoms. The number of hydrogen-bond donors (Lipinski definition) is 2. The molecule has 0 saturated carbocycles. The van der Waals surface area contributed by atoms with Gasteiger partial charge in [-0.25, -0.2) is 9.97 Å². The van der Waals surface area contributed by atoms with Crippen LogP contribution in [0, 0.1) is 27.7 Å². The van der Waals surface area contributed by atoms with E-state index in [1.807, 2.05) is 19.1 Å². The van der Waals surface area contributed by atoms with Crippen molar-refractivity contribution in [3.05, 3.63) is 82.7 Å². The van der Waals surface area contributed by atoms with Crippen LogP contribution in [0.4, 0.5) is 5.82 Å². The van der Waals surface area contributed by atoms with Crippen molar-refractivity contribution in [1.29, 1.82) is 0 Å². The van der Waals surface area contributed by atoms with Crippen molar-refractivity contribution < 1.29 is 9.47 Å². The topological polar surface area (TPSA) is 73.2 Å².